The smallest absolute Gasteiger partial charge is 0.252 e. The van der Waals surface area contributed by atoms with Crippen molar-refractivity contribution in [2.24, 2.45) is 0 Å². The molecule has 0 saturated carbocycles. The molecular formula is C17H15ClN2O4. The lowest BCUT2D eigenvalue weighted by atomic mass is 10.2. The van der Waals surface area contributed by atoms with Gasteiger partial charge in [-0.05, 0) is 30.3 Å². The minimum atomic E-state index is -0.280. The van der Waals surface area contributed by atoms with Gasteiger partial charge in [-0.2, -0.15) is 0 Å². The molecule has 0 aromatic heterocycles. The summed E-state index contributed by atoms with van der Waals surface area (Å²) >= 11 is 5.96. The summed E-state index contributed by atoms with van der Waals surface area (Å²) in [4.78, 5) is 24.0. The second-order valence-electron chi connectivity index (χ2n) is 5.06. The Balaban J connectivity index is 1.47. The number of hydrogen-bond acceptors (Lipinski definition) is 4. The van der Waals surface area contributed by atoms with Gasteiger partial charge in [0, 0.05) is 18.7 Å². The van der Waals surface area contributed by atoms with E-state index in [1.54, 1.807) is 42.5 Å². The van der Waals surface area contributed by atoms with E-state index in [1.165, 1.54) is 0 Å². The van der Waals surface area contributed by atoms with Crippen LogP contribution in [0.3, 0.4) is 0 Å². The topological polar surface area (TPSA) is 76.7 Å². The number of carbonyl (C=O) groups excluding carboxylic acids is 2. The number of hydrogen-bond donors (Lipinski definition) is 2. The van der Waals surface area contributed by atoms with Gasteiger partial charge in [0.25, 0.3) is 11.8 Å². The Labute approximate surface area is 143 Å². The molecule has 124 valence electrons. The molecule has 0 atom stereocenters. The third-order valence-electron chi connectivity index (χ3n) is 3.45. The van der Waals surface area contributed by atoms with Crippen LogP contribution in [0.15, 0.2) is 42.5 Å². The van der Waals surface area contributed by atoms with Crippen LogP contribution in [0.5, 0.6) is 11.5 Å². The van der Waals surface area contributed by atoms with Crippen molar-refractivity contribution in [1.82, 2.24) is 10.6 Å². The zero-order valence-electron chi connectivity index (χ0n) is 12.7. The number of halogens is 1. The monoisotopic (exact) mass is 346 g/mol. The zero-order chi connectivity index (χ0) is 16.9. The molecule has 2 amide bonds. The van der Waals surface area contributed by atoms with Gasteiger partial charge < -0.3 is 20.1 Å². The maximum Gasteiger partial charge on any atom is 0.252 e. The Kier molecular flexibility index (Phi) is 4.86. The highest BCUT2D eigenvalue weighted by Gasteiger charge is 2.16. The summed E-state index contributed by atoms with van der Waals surface area (Å²) in [5.74, 6) is 0.645. The number of nitrogens with one attached hydrogen (secondary N) is 2. The lowest BCUT2D eigenvalue weighted by Gasteiger charge is -2.08. The van der Waals surface area contributed by atoms with E-state index in [9.17, 15) is 9.59 Å². The minimum absolute atomic E-state index is 0.161. The summed E-state index contributed by atoms with van der Waals surface area (Å²) in [5, 5.41) is 5.82. The van der Waals surface area contributed by atoms with Crippen LogP contribution in [-0.2, 0) is 0 Å². The first-order chi connectivity index (χ1) is 11.6. The Hall–Kier alpha value is -2.73. The molecule has 24 heavy (non-hydrogen) atoms. The lowest BCUT2D eigenvalue weighted by molar-refractivity contribution is 0.0927. The molecule has 1 aliphatic heterocycles. The van der Waals surface area contributed by atoms with Crippen molar-refractivity contribution in [2.45, 2.75) is 0 Å². The number of carbonyl (C=O) groups is 2. The lowest BCUT2D eigenvalue weighted by Crippen LogP contribution is -2.34. The van der Waals surface area contributed by atoms with E-state index >= 15 is 0 Å². The first kappa shape index (κ1) is 16.1. The molecule has 0 unspecified atom stereocenters. The van der Waals surface area contributed by atoms with Gasteiger partial charge in [0.05, 0.1) is 10.6 Å². The van der Waals surface area contributed by atoms with Crippen LogP contribution >= 0.6 is 11.6 Å². The Bertz CT molecular complexity index is 779. The van der Waals surface area contributed by atoms with Crippen LogP contribution in [0.4, 0.5) is 0 Å². The molecule has 0 radical (unpaired) electrons. The molecule has 7 heteroatoms. The molecule has 3 rings (SSSR count). The molecule has 1 aliphatic rings. The van der Waals surface area contributed by atoms with Crippen molar-refractivity contribution >= 4 is 23.4 Å². The molecule has 2 aromatic carbocycles. The first-order valence-corrected chi connectivity index (χ1v) is 7.73. The maximum atomic E-state index is 12.1. The molecule has 2 N–H and O–H groups in total. The number of amides is 2. The summed E-state index contributed by atoms with van der Waals surface area (Å²) in [6.45, 7) is 0.748. The largest absolute Gasteiger partial charge is 0.454 e. The fourth-order valence-electron chi connectivity index (χ4n) is 2.23. The van der Waals surface area contributed by atoms with Gasteiger partial charge in [-0.3, -0.25) is 9.59 Å². The molecule has 0 bridgehead atoms. The number of ether oxygens (including phenoxy) is 2. The summed E-state index contributed by atoms with van der Waals surface area (Å²) in [6, 6.07) is 11.8. The number of rotatable bonds is 5. The highest BCUT2D eigenvalue weighted by molar-refractivity contribution is 6.33. The van der Waals surface area contributed by atoms with Crippen LogP contribution in [0.25, 0.3) is 0 Å². The molecule has 0 aliphatic carbocycles. The van der Waals surface area contributed by atoms with Crippen LogP contribution in [0.2, 0.25) is 5.02 Å². The van der Waals surface area contributed by atoms with Gasteiger partial charge in [0.2, 0.25) is 6.79 Å². The van der Waals surface area contributed by atoms with Gasteiger partial charge >= 0.3 is 0 Å². The van der Waals surface area contributed by atoms with E-state index in [0.717, 1.165) is 0 Å². The van der Waals surface area contributed by atoms with E-state index in [0.29, 0.717) is 40.7 Å². The Morgan fingerprint density at radius 2 is 1.67 bits per heavy atom. The Morgan fingerprint density at radius 1 is 0.958 bits per heavy atom. The van der Waals surface area contributed by atoms with Crippen LogP contribution < -0.4 is 20.1 Å². The van der Waals surface area contributed by atoms with Gasteiger partial charge in [-0.1, -0.05) is 23.7 Å². The van der Waals surface area contributed by atoms with Gasteiger partial charge in [-0.25, -0.2) is 0 Å². The predicted octanol–water partition coefficient (Wildman–Crippen LogP) is 2.23. The standard InChI is InChI=1S/C17H15ClN2O4/c18-13-4-2-1-3-12(13)17(22)20-8-7-19-16(21)11-5-6-14-15(9-11)24-10-23-14/h1-6,9H,7-8,10H2,(H,19,21)(H,20,22). The summed E-state index contributed by atoms with van der Waals surface area (Å²) in [6.07, 6.45) is 0. The fourth-order valence-corrected chi connectivity index (χ4v) is 2.45. The molecule has 0 spiro atoms. The maximum absolute atomic E-state index is 12.1. The Morgan fingerprint density at radius 3 is 2.46 bits per heavy atom. The van der Waals surface area contributed by atoms with Gasteiger partial charge in [-0.15, -0.1) is 0 Å². The van der Waals surface area contributed by atoms with Crippen molar-refractivity contribution in [3.63, 3.8) is 0 Å². The summed E-state index contributed by atoms with van der Waals surface area (Å²) in [7, 11) is 0. The van der Waals surface area contributed by atoms with Crippen molar-refractivity contribution in [1.29, 1.82) is 0 Å². The third kappa shape index (κ3) is 3.60. The average molecular weight is 347 g/mol. The zero-order valence-corrected chi connectivity index (χ0v) is 13.4. The quantitative estimate of drug-likeness (QED) is 0.814. The second-order valence-corrected chi connectivity index (χ2v) is 5.47. The highest BCUT2D eigenvalue weighted by Crippen LogP contribution is 2.32. The van der Waals surface area contributed by atoms with E-state index in [1.807, 2.05) is 0 Å². The van der Waals surface area contributed by atoms with E-state index < -0.39 is 0 Å². The molecule has 0 saturated heterocycles. The van der Waals surface area contributed by atoms with Crippen molar-refractivity contribution in [3.05, 3.63) is 58.6 Å². The van der Waals surface area contributed by atoms with Gasteiger partial charge in [0.15, 0.2) is 11.5 Å². The average Bonchev–Trinajstić information content (AvgIpc) is 3.06. The molecule has 1 heterocycles. The van der Waals surface area contributed by atoms with E-state index in [-0.39, 0.29) is 18.6 Å². The van der Waals surface area contributed by atoms with Crippen LogP contribution in [-0.4, -0.2) is 31.7 Å². The van der Waals surface area contributed by atoms with E-state index in [2.05, 4.69) is 10.6 Å². The first-order valence-electron chi connectivity index (χ1n) is 7.36. The predicted molar refractivity (Wildman–Crippen MR) is 88.7 cm³/mol. The molecule has 2 aromatic rings. The minimum Gasteiger partial charge on any atom is -0.454 e. The van der Waals surface area contributed by atoms with Crippen LogP contribution in [0.1, 0.15) is 20.7 Å². The highest BCUT2D eigenvalue weighted by atomic mass is 35.5. The third-order valence-corrected chi connectivity index (χ3v) is 3.78. The number of benzene rings is 2. The van der Waals surface area contributed by atoms with Gasteiger partial charge in [0.1, 0.15) is 0 Å². The van der Waals surface area contributed by atoms with Crippen LogP contribution in [0, 0.1) is 0 Å². The van der Waals surface area contributed by atoms with Crippen molar-refractivity contribution < 1.29 is 19.1 Å². The molecular weight excluding hydrogens is 332 g/mol. The van der Waals surface area contributed by atoms with Crippen molar-refractivity contribution in [2.75, 3.05) is 19.9 Å². The van der Waals surface area contributed by atoms with E-state index in [4.69, 9.17) is 21.1 Å². The normalized spacial score (nSPS) is 11.9. The fraction of sp³-hybridized carbons (Fsp3) is 0.176. The number of fused-ring (bicyclic) bond motifs is 1. The molecule has 6 nitrogen and oxygen atoms in total. The second kappa shape index (κ2) is 7.23. The summed E-state index contributed by atoms with van der Waals surface area (Å²) in [5.41, 5.74) is 0.873. The molecule has 0 fully saturated rings. The van der Waals surface area contributed by atoms with Crippen molar-refractivity contribution in [3.8, 4) is 11.5 Å². The summed E-state index contributed by atoms with van der Waals surface area (Å²) < 4.78 is 10.4. The SMILES string of the molecule is O=C(NCCNC(=O)c1ccccc1Cl)c1ccc2c(c1)OCO2.